The monoisotopic (exact) mass is 734 g/mol. The van der Waals surface area contributed by atoms with Crippen LogP contribution in [0.25, 0.3) is 105 Å². The molecule has 0 N–H and O–H groups in total. The zero-order valence-electron chi connectivity index (χ0n) is 29.9. The number of hydrogen-bond acceptors (Lipinski definition) is 6. The van der Waals surface area contributed by atoms with Gasteiger partial charge in [-0.05, 0) is 23.3 Å². The summed E-state index contributed by atoms with van der Waals surface area (Å²) in [5.74, 6) is 2.43. The van der Waals surface area contributed by atoms with Crippen molar-refractivity contribution in [3.8, 4) is 62.5 Å². The van der Waals surface area contributed by atoms with Crippen LogP contribution in [0.15, 0.2) is 182 Å². The van der Waals surface area contributed by atoms with E-state index in [1.54, 1.807) is 11.3 Å². The normalized spacial score (nSPS) is 11.6. The van der Waals surface area contributed by atoms with E-state index >= 15 is 0 Å². The summed E-state index contributed by atoms with van der Waals surface area (Å²) < 4.78 is 4.36. The lowest BCUT2D eigenvalue weighted by atomic mass is 10.0. The lowest BCUT2D eigenvalue weighted by molar-refractivity contribution is 0.955. The van der Waals surface area contributed by atoms with Gasteiger partial charge in [-0.1, -0.05) is 170 Å². The molecule has 4 heterocycles. The van der Waals surface area contributed by atoms with Crippen LogP contribution in [-0.2, 0) is 0 Å². The van der Waals surface area contributed by atoms with Crippen molar-refractivity contribution in [2.24, 2.45) is 0 Å². The molecule has 262 valence electrons. The summed E-state index contributed by atoms with van der Waals surface area (Å²) in [6.07, 6.45) is 0. The lowest BCUT2D eigenvalue weighted by Gasteiger charge is -2.12. The Labute approximate surface area is 326 Å². The molecular weight excluding hydrogens is 705 g/mol. The first-order valence-corrected chi connectivity index (χ1v) is 19.3. The van der Waals surface area contributed by atoms with Crippen LogP contribution >= 0.6 is 11.3 Å². The van der Waals surface area contributed by atoms with E-state index in [9.17, 15) is 0 Å². The Kier molecular flexibility index (Phi) is 7.57. The molecule has 0 amide bonds. The second-order valence-electron chi connectivity index (χ2n) is 13.7. The quantitative estimate of drug-likeness (QED) is 0.170. The smallest absolute Gasteiger partial charge is 0.238 e. The highest BCUT2D eigenvalue weighted by molar-refractivity contribution is 7.26. The molecule has 7 heteroatoms. The van der Waals surface area contributed by atoms with E-state index in [0.717, 1.165) is 81.2 Å². The van der Waals surface area contributed by atoms with Crippen molar-refractivity contribution in [3.05, 3.63) is 182 Å². The van der Waals surface area contributed by atoms with Gasteiger partial charge in [0, 0.05) is 43.1 Å². The molecule has 0 fully saturated rings. The fourth-order valence-electron chi connectivity index (χ4n) is 7.65. The molecular formula is C49H30N6S. The second-order valence-corrected chi connectivity index (χ2v) is 14.7. The van der Waals surface area contributed by atoms with E-state index in [4.69, 9.17) is 24.9 Å². The lowest BCUT2D eigenvalue weighted by Crippen LogP contribution is -2.06. The van der Waals surface area contributed by atoms with Crippen LogP contribution in [0.1, 0.15) is 0 Å². The minimum Gasteiger partial charge on any atom is -0.277 e. The number of rotatable bonds is 6. The Balaban J connectivity index is 1.22. The maximum atomic E-state index is 5.37. The largest absolute Gasteiger partial charge is 0.277 e. The molecule has 0 bridgehead atoms. The highest BCUT2D eigenvalue weighted by atomic mass is 32.1. The zero-order chi connectivity index (χ0) is 37.0. The average Bonchev–Trinajstić information content (AvgIpc) is 3.83. The Hall–Kier alpha value is -7.35. The highest BCUT2D eigenvalue weighted by Gasteiger charge is 2.24. The van der Waals surface area contributed by atoms with E-state index in [1.807, 2.05) is 60.7 Å². The molecule has 11 aromatic rings. The molecule has 7 aromatic carbocycles. The van der Waals surface area contributed by atoms with Crippen molar-refractivity contribution in [2.45, 2.75) is 0 Å². The fourth-order valence-corrected chi connectivity index (χ4v) is 8.80. The van der Waals surface area contributed by atoms with Crippen LogP contribution in [0.5, 0.6) is 0 Å². The van der Waals surface area contributed by atoms with Gasteiger partial charge in [-0.25, -0.2) is 15.0 Å². The SMILES string of the molecule is c1ccc(-c2ccc(-c3nc(-c4ccccc4)nc(-n4c5ccccc5c5ccc6sc7c(-c8ccccc8)nc(-c8ccccc8)nc7c6c54)n3)cc2)cc1. The van der Waals surface area contributed by atoms with Gasteiger partial charge < -0.3 is 0 Å². The van der Waals surface area contributed by atoms with Crippen molar-refractivity contribution < 1.29 is 0 Å². The molecule has 0 saturated carbocycles. The Morgan fingerprint density at radius 2 is 0.875 bits per heavy atom. The summed E-state index contributed by atoms with van der Waals surface area (Å²) in [6, 6.07) is 62.6. The minimum atomic E-state index is 0.541. The second kappa shape index (κ2) is 13.2. The van der Waals surface area contributed by atoms with Crippen LogP contribution in [0, 0.1) is 0 Å². The number of nitrogens with zero attached hydrogens (tertiary/aromatic N) is 6. The van der Waals surface area contributed by atoms with Gasteiger partial charge in [-0.2, -0.15) is 9.97 Å². The molecule has 0 unspecified atom stereocenters. The van der Waals surface area contributed by atoms with E-state index < -0.39 is 0 Å². The van der Waals surface area contributed by atoms with Crippen LogP contribution in [0.3, 0.4) is 0 Å². The molecule has 11 rings (SSSR count). The van der Waals surface area contributed by atoms with Gasteiger partial charge in [0.25, 0.3) is 0 Å². The van der Waals surface area contributed by atoms with Crippen LogP contribution < -0.4 is 0 Å². The third kappa shape index (κ3) is 5.36. The molecule has 0 radical (unpaired) electrons. The van der Waals surface area contributed by atoms with E-state index in [2.05, 4.69) is 126 Å². The summed E-state index contributed by atoms with van der Waals surface area (Å²) in [6.45, 7) is 0. The number of benzene rings is 7. The predicted octanol–water partition coefficient (Wildman–Crippen LogP) is 12.5. The Morgan fingerprint density at radius 3 is 1.52 bits per heavy atom. The molecule has 56 heavy (non-hydrogen) atoms. The summed E-state index contributed by atoms with van der Waals surface area (Å²) in [5.41, 5.74) is 9.96. The van der Waals surface area contributed by atoms with E-state index in [1.165, 1.54) is 0 Å². The zero-order valence-corrected chi connectivity index (χ0v) is 30.7. The minimum absolute atomic E-state index is 0.541. The third-order valence-corrected chi connectivity index (χ3v) is 11.4. The van der Waals surface area contributed by atoms with Gasteiger partial charge in [-0.15, -0.1) is 11.3 Å². The maximum Gasteiger partial charge on any atom is 0.238 e. The van der Waals surface area contributed by atoms with E-state index in [0.29, 0.717) is 23.4 Å². The van der Waals surface area contributed by atoms with Gasteiger partial charge in [-0.3, -0.25) is 4.57 Å². The maximum absolute atomic E-state index is 5.37. The first kappa shape index (κ1) is 32.1. The standard InChI is InChI=1S/C49H30N6S/c1-5-15-31(16-6-1)32-25-27-36(28-26-32)48-52-47(35-21-11-4-12-22-35)53-49(54-48)55-39-24-14-13-23-37(39)38-29-30-40-41(44(38)55)43-45(56-40)42(33-17-7-2-8-18-33)50-46(51-43)34-19-9-3-10-20-34/h1-30H. The van der Waals surface area contributed by atoms with Crippen molar-refractivity contribution in [3.63, 3.8) is 0 Å². The Morgan fingerprint density at radius 1 is 0.375 bits per heavy atom. The average molecular weight is 735 g/mol. The number of aromatic nitrogens is 6. The number of thiophene rings is 1. The van der Waals surface area contributed by atoms with Crippen molar-refractivity contribution >= 4 is 53.4 Å². The van der Waals surface area contributed by atoms with Crippen LogP contribution in [0.2, 0.25) is 0 Å². The molecule has 0 atom stereocenters. The number of fused-ring (bicyclic) bond motifs is 7. The molecule has 0 spiro atoms. The first-order chi connectivity index (χ1) is 27.8. The topological polar surface area (TPSA) is 69.4 Å². The van der Waals surface area contributed by atoms with Crippen molar-refractivity contribution in [2.75, 3.05) is 0 Å². The van der Waals surface area contributed by atoms with Crippen LogP contribution in [0.4, 0.5) is 0 Å². The third-order valence-electron chi connectivity index (χ3n) is 10.3. The van der Waals surface area contributed by atoms with E-state index in [-0.39, 0.29) is 0 Å². The van der Waals surface area contributed by atoms with Crippen LogP contribution in [-0.4, -0.2) is 29.5 Å². The molecule has 4 aromatic heterocycles. The summed E-state index contributed by atoms with van der Waals surface area (Å²) in [7, 11) is 0. The molecule has 0 saturated heterocycles. The summed E-state index contributed by atoms with van der Waals surface area (Å²) >= 11 is 1.72. The highest BCUT2D eigenvalue weighted by Crippen LogP contribution is 2.45. The van der Waals surface area contributed by atoms with Crippen molar-refractivity contribution in [1.82, 2.24) is 29.5 Å². The fraction of sp³-hybridized carbons (Fsp3) is 0. The van der Waals surface area contributed by atoms with Gasteiger partial charge in [0.05, 0.1) is 26.9 Å². The van der Waals surface area contributed by atoms with Gasteiger partial charge in [0.15, 0.2) is 17.5 Å². The predicted molar refractivity (Wildman–Crippen MR) is 230 cm³/mol. The van der Waals surface area contributed by atoms with Crippen molar-refractivity contribution in [1.29, 1.82) is 0 Å². The molecule has 0 aliphatic carbocycles. The Bertz CT molecular complexity index is 3210. The summed E-state index contributed by atoms with van der Waals surface area (Å²) in [4.78, 5) is 26.2. The number of hydrogen-bond donors (Lipinski definition) is 0. The first-order valence-electron chi connectivity index (χ1n) is 18.5. The molecule has 0 aliphatic heterocycles. The van der Waals surface area contributed by atoms with Gasteiger partial charge in [0.1, 0.15) is 0 Å². The number of para-hydroxylation sites is 1. The van der Waals surface area contributed by atoms with Gasteiger partial charge >= 0.3 is 0 Å². The molecule has 0 aliphatic rings. The molecule has 6 nitrogen and oxygen atoms in total. The van der Waals surface area contributed by atoms with Gasteiger partial charge in [0.2, 0.25) is 5.95 Å². The summed E-state index contributed by atoms with van der Waals surface area (Å²) in [5, 5.41) is 3.26.